The average molecular weight is 334 g/mol. The van der Waals surface area contributed by atoms with Crippen LogP contribution in [-0.2, 0) is 11.2 Å². The second kappa shape index (κ2) is 9.35. The van der Waals surface area contributed by atoms with Crippen LogP contribution in [-0.4, -0.2) is 39.3 Å². The van der Waals surface area contributed by atoms with Gasteiger partial charge in [0.2, 0.25) is 0 Å². The van der Waals surface area contributed by atoms with Gasteiger partial charge in [-0.3, -0.25) is 4.99 Å². The molecule has 1 heterocycles. The summed E-state index contributed by atoms with van der Waals surface area (Å²) in [6, 6.07) is 4.22. The lowest BCUT2D eigenvalue weighted by molar-refractivity contribution is 0.152. The minimum atomic E-state index is 0.703. The number of rotatable bonds is 7. The molecule has 0 bridgehead atoms. The fourth-order valence-corrected chi connectivity index (χ4v) is 2.88. The molecular weight excluding hydrogens is 314 g/mol. The fourth-order valence-electron chi connectivity index (χ4n) is 1.40. The van der Waals surface area contributed by atoms with Gasteiger partial charge >= 0.3 is 0 Å². The van der Waals surface area contributed by atoms with Crippen LogP contribution in [0.4, 0.5) is 0 Å². The molecule has 0 aliphatic heterocycles. The zero-order valence-electron chi connectivity index (χ0n) is 10.8. The van der Waals surface area contributed by atoms with Gasteiger partial charge in [-0.1, -0.05) is 0 Å². The van der Waals surface area contributed by atoms with Gasteiger partial charge in [0.25, 0.3) is 0 Å². The van der Waals surface area contributed by atoms with Crippen LogP contribution >= 0.6 is 27.3 Å². The predicted octanol–water partition coefficient (Wildman–Crippen LogP) is 2.25. The summed E-state index contributed by atoms with van der Waals surface area (Å²) >= 11 is 5.23. The lowest BCUT2D eigenvalue weighted by atomic mass is 10.3. The summed E-state index contributed by atoms with van der Waals surface area (Å²) in [6.07, 6.45) is 1.00. The van der Waals surface area contributed by atoms with Crippen LogP contribution in [0.2, 0.25) is 0 Å². The molecule has 0 amide bonds. The highest BCUT2D eigenvalue weighted by Crippen LogP contribution is 2.21. The van der Waals surface area contributed by atoms with E-state index in [-0.39, 0.29) is 0 Å². The summed E-state index contributed by atoms with van der Waals surface area (Å²) in [5, 5.41) is 6.48. The van der Waals surface area contributed by atoms with Crippen molar-refractivity contribution in [3.8, 4) is 0 Å². The lowest BCUT2D eigenvalue weighted by Crippen LogP contribution is -2.39. The van der Waals surface area contributed by atoms with Gasteiger partial charge in [0.15, 0.2) is 5.96 Å². The van der Waals surface area contributed by atoms with E-state index in [1.54, 1.807) is 18.4 Å². The maximum atomic E-state index is 5.26. The Labute approximate surface area is 121 Å². The molecule has 0 radical (unpaired) electrons. The Balaban J connectivity index is 2.15. The van der Waals surface area contributed by atoms with Crippen molar-refractivity contribution >= 4 is 33.2 Å². The van der Waals surface area contributed by atoms with E-state index >= 15 is 0 Å². The number of nitrogens with one attached hydrogen (secondary N) is 2. The predicted molar refractivity (Wildman–Crippen MR) is 81.6 cm³/mol. The zero-order valence-corrected chi connectivity index (χ0v) is 13.2. The Kier molecular flexibility index (Phi) is 8.04. The number of ether oxygens (including phenoxy) is 1. The Morgan fingerprint density at radius 3 is 2.78 bits per heavy atom. The van der Waals surface area contributed by atoms with Crippen molar-refractivity contribution in [3.63, 3.8) is 0 Å². The van der Waals surface area contributed by atoms with Crippen LogP contribution in [0.5, 0.6) is 0 Å². The van der Waals surface area contributed by atoms with Gasteiger partial charge in [-0.15, -0.1) is 11.3 Å². The SMILES string of the molecule is CCOCCNC(=NC)NCCc1ccc(Br)s1. The van der Waals surface area contributed by atoms with Crippen LogP contribution in [0.1, 0.15) is 11.8 Å². The third-order valence-electron chi connectivity index (χ3n) is 2.26. The van der Waals surface area contributed by atoms with Gasteiger partial charge in [-0.05, 0) is 41.4 Å². The minimum Gasteiger partial charge on any atom is -0.380 e. The summed E-state index contributed by atoms with van der Waals surface area (Å²) in [7, 11) is 1.78. The van der Waals surface area contributed by atoms with Gasteiger partial charge < -0.3 is 15.4 Å². The van der Waals surface area contributed by atoms with E-state index in [0.29, 0.717) is 6.61 Å². The molecule has 1 rings (SSSR count). The molecule has 18 heavy (non-hydrogen) atoms. The molecule has 1 aromatic heterocycles. The largest absolute Gasteiger partial charge is 0.380 e. The van der Waals surface area contributed by atoms with E-state index in [4.69, 9.17) is 4.74 Å². The molecule has 0 spiro atoms. The summed E-state index contributed by atoms with van der Waals surface area (Å²) in [4.78, 5) is 5.52. The second-order valence-electron chi connectivity index (χ2n) is 3.58. The molecule has 102 valence electrons. The van der Waals surface area contributed by atoms with E-state index in [9.17, 15) is 0 Å². The Hall–Kier alpha value is -0.590. The first-order chi connectivity index (χ1) is 8.76. The number of nitrogens with zero attached hydrogens (tertiary/aromatic N) is 1. The minimum absolute atomic E-state index is 0.703. The molecule has 4 nitrogen and oxygen atoms in total. The van der Waals surface area contributed by atoms with Crippen LogP contribution in [0.25, 0.3) is 0 Å². The van der Waals surface area contributed by atoms with Gasteiger partial charge in [0, 0.05) is 31.6 Å². The summed E-state index contributed by atoms with van der Waals surface area (Å²) in [5.74, 6) is 0.824. The van der Waals surface area contributed by atoms with E-state index in [1.165, 1.54) is 8.66 Å². The van der Waals surface area contributed by atoms with Gasteiger partial charge in [0.1, 0.15) is 0 Å². The quantitative estimate of drug-likeness (QED) is 0.457. The lowest BCUT2D eigenvalue weighted by Gasteiger charge is -2.11. The molecule has 0 saturated heterocycles. The van der Waals surface area contributed by atoms with Gasteiger partial charge in [0.05, 0.1) is 10.4 Å². The number of guanidine groups is 1. The van der Waals surface area contributed by atoms with Crippen molar-refractivity contribution in [2.75, 3.05) is 33.4 Å². The van der Waals surface area contributed by atoms with Crippen LogP contribution in [0.15, 0.2) is 20.9 Å². The molecule has 0 saturated carbocycles. The van der Waals surface area contributed by atoms with Crippen LogP contribution < -0.4 is 10.6 Å². The Bertz CT molecular complexity index is 368. The third kappa shape index (κ3) is 6.37. The Morgan fingerprint density at radius 1 is 1.39 bits per heavy atom. The standard InChI is InChI=1S/C12H20BrN3OS/c1-3-17-9-8-16-12(14-2)15-7-6-10-4-5-11(13)18-10/h4-5H,3,6-9H2,1-2H3,(H2,14,15,16). The third-order valence-corrected chi connectivity index (χ3v) is 3.94. The monoisotopic (exact) mass is 333 g/mol. The summed E-state index contributed by atoms with van der Waals surface area (Å²) in [6.45, 7) is 5.10. The molecule has 6 heteroatoms. The van der Waals surface area contributed by atoms with E-state index in [1.807, 2.05) is 6.92 Å². The molecule has 0 aromatic carbocycles. The molecule has 0 aliphatic carbocycles. The topological polar surface area (TPSA) is 45.6 Å². The van der Waals surface area contributed by atoms with E-state index < -0.39 is 0 Å². The molecular formula is C12H20BrN3OS. The Morgan fingerprint density at radius 2 is 2.17 bits per heavy atom. The molecule has 2 N–H and O–H groups in total. The van der Waals surface area contributed by atoms with Crippen molar-refractivity contribution in [2.45, 2.75) is 13.3 Å². The maximum Gasteiger partial charge on any atom is 0.191 e. The summed E-state index contributed by atoms with van der Waals surface area (Å²) < 4.78 is 6.43. The molecule has 0 fully saturated rings. The van der Waals surface area contributed by atoms with E-state index in [0.717, 1.165) is 32.1 Å². The van der Waals surface area contributed by atoms with Crippen LogP contribution in [0.3, 0.4) is 0 Å². The number of thiophene rings is 1. The number of hydrogen-bond donors (Lipinski definition) is 2. The van der Waals surface area contributed by atoms with Gasteiger partial charge in [-0.2, -0.15) is 0 Å². The van der Waals surface area contributed by atoms with Crippen molar-refractivity contribution in [1.82, 2.24) is 10.6 Å². The first kappa shape index (κ1) is 15.5. The summed E-state index contributed by atoms with van der Waals surface area (Å²) in [5.41, 5.74) is 0. The number of aliphatic imine (C=N–C) groups is 1. The van der Waals surface area contributed by atoms with Crippen molar-refractivity contribution < 1.29 is 4.74 Å². The maximum absolute atomic E-state index is 5.26. The van der Waals surface area contributed by atoms with Crippen molar-refractivity contribution in [2.24, 2.45) is 4.99 Å². The first-order valence-corrected chi connectivity index (χ1v) is 7.63. The number of hydrogen-bond acceptors (Lipinski definition) is 3. The zero-order chi connectivity index (χ0) is 13.2. The fraction of sp³-hybridized carbons (Fsp3) is 0.583. The average Bonchev–Trinajstić information content (AvgIpc) is 2.78. The van der Waals surface area contributed by atoms with Crippen molar-refractivity contribution in [3.05, 3.63) is 20.8 Å². The molecule has 1 aromatic rings. The number of halogens is 1. The normalized spacial score (nSPS) is 11.6. The molecule has 0 atom stereocenters. The second-order valence-corrected chi connectivity index (χ2v) is 6.13. The van der Waals surface area contributed by atoms with Crippen LogP contribution in [0, 0.1) is 0 Å². The molecule has 0 unspecified atom stereocenters. The highest BCUT2D eigenvalue weighted by molar-refractivity contribution is 9.11. The van der Waals surface area contributed by atoms with E-state index in [2.05, 4.69) is 43.7 Å². The highest BCUT2D eigenvalue weighted by atomic mass is 79.9. The van der Waals surface area contributed by atoms with Crippen molar-refractivity contribution in [1.29, 1.82) is 0 Å². The highest BCUT2D eigenvalue weighted by Gasteiger charge is 1.99. The first-order valence-electron chi connectivity index (χ1n) is 6.02. The molecule has 0 aliphatic rings. The van der Waals surface area contributed by atoms with Gasteiger partial charge in [-0.25, -0.2) is 0 Å². The smallest absolute Gasteiger partial charge is 0.191 e.